The van der Waals surface area contributed by atoms with Crippen LogP contribution in [0.15, 0.2) is 64.6 Å². The zero-order valence-electron chi connectivity index (χ0n) is 14.2. The first-order valence-corrected chi connectivity index (χ1v) is 9.97. The first kappa shape index (κ1) is 17.4. The molecule has 0 N–H and O–H groups in total. The van der Waals surface area contributed by atoms with Crippen LogP contribution >= 0.6 is 34.5 Å². The minimum absolute atomic E-state index is 0.0537. The van der Waals surface area contributed by atoms with Crippen molar-refractivity contribution >= 4 is 62.5 Å². The van der Waals surface area contributed by atoms with E-state index in [1.165, 1.54) is 18.2 Å². The first-order valence-electron chi connectivity index (χ1n) is 8.40. The monoisotopic (exact) mass is 424 g/mol. The van der Waals surface area contributed by atoms with E-state index >= 15 is 0 Å². The number of carbonyl (C=O) groups is 2. The van der Waals surface area contributed by atoms with E-state index in [1.54, 1.807) is 11.3 Å². The average Bonchev–Trinajstić information content (AvgIpc) is 3.31. The molecule has 5 rings (SSSR count). The molecule has 3 nitrogen and oxygen atoms in total. The van der Waals surface area contributed by atoms with Crippen LogP contribution in [0.4, 0.5) is 0 Å². The van der Waals surface area contributed by atoms with Gasteiger partial charge in [-0.2, -0.15) is 0 Å². The van der Waals surface area contributed by atoms with Crippen molar-refractivity contribution in [3.63, 3.8) is 0 Å². The van der Waals surface area contributed by atoms with Gasteiger partial charge in [-0.1, -0.05) is 53.5 Å². The third-order valence-corrected chi connectivity index (χ3v) is 6.44. The number of fused-ring (bicyclic) bond motifs is 2. The molecule has 0 fully saturated rings. The van der Waals surface area contributed by atoms with E-state index in [-0.39, 0.29) is 38.3 Å². The van der Waals surface area contributed by atoms with Crippen LogP contribution in [0.2, 0.25) is 10.0 Å². The van der Waals surface area contributed by atoms with Crippen LogP contribution < -0.4 is 0 Å². The number of hydrogen-bond donors (Lipinski definition) is 0. The molecule has 0 saturated carbocycles. The molecular formula is C22H10Cl2O3S. The molecule has 2 aromatic carbocycles. The van der Waals surface area contributed by atoms with E-state index in [4.69, 9.17) is 27.6 Å². The highest BCUT2D eigenvalue weighted by atomic mass is 35.5. The molecular weight excluding hydrogens is 415 g/mol. The fourth-order valence-corrected chi connectivity index (χ4v) is 4.62. The summed E-state index contributed by atoms with van der Waals surface area (Å²) < 4.78 is 6.80. The molecule has 1 aliphatic carbocycles. The Bertz CT molecular complexity index is 1240. The Kier molecular flexibility index (Phi) is 4.02. The second-order valence-electron chi connectivity index (χ2n) is 6.38. The maximum absolute atomic E-state index is 12.6. The molecule has 2 aromatic heterocycles. The van der Waals surface area contributed by atoms with E-state index in [1.807, 2.05) is 42.5 Å². The number of furan rings is 1. The molecule has 0 spiro atoms. The van der Waals surface area contributed by atoms with Gasteiger partial charge in [-0.05, 0) is 23.8 Å². The Morgan fingerprint density at radius 1 is 0.857 bits per heavy atom. The van der Waals surface area contributed by atoms with E-state index in [2.05, 4.69) is 0 Å². The van der Waals surface area contributed by atoms with Crippen molar-refractivity contribution in [2.24, 2.45) is 0 Å². The molecule has 0 atom stereocenters. The number of ketones is 2. The molecule has 0 radical (unpaired) electrons. The highest BCUT2D eigenvalue weighted by Crippen LogP contribution is 2.37. The van der Waals surface area contributed by atoms with Gasteiger partial charge in [-0.15, -0.1) is 11.3 Å². The second-order valence-corrected chi connectivity index (χ2v) is 8.28. The Morgan fingerprint density at radius 2 is 1.50 bits per heavy atom. The van der Waals surface area contributed by atoms with Crippen LogP contribution in [0, 0.1) is 0 Å². The van der Waals surface area contributed by atoms with Gasteiger partial charge in [-0.25, -0.2) is 0 Å². The molecule has 1 aliphatic rings. The molecule has 0 bridgehead atoms. The van der Waals surface area contributed by atoms with Gasteiger partial charge in [0.25, 0.3) is 0 Å². The summed E-state index contributed by atoms with van der Waals surface area (Å²) in [6.45, 7) is 0. The molecule has 136 valence electrons. The highest BCUT2D eigenvalue weighted by Gasteiger charge is 2.34. The Balaban J connectivity index is 1.53. The SMILES string of the molecule is O=C1C(=Cc2cc3sc(-c4ccccc4)cc3o2)C(=O)c2cc(Cl)c(Cl)cc21. The summed E-state index contributed by atoms with van der Waals surface area (Å²) in [5, 5.41) is 0.490. The van der Waals surface area contributed by atoms with Gasteiger partial charge < -0.3 is 4.42 Å². The summed E-state index contributed by atoms with van der Waals surface area (Å²) >= 11 is 13.6. The zero-order chi connectivity index (χ0) is 19.4. The number of benzene rings is 2. The second kappa shape index (κ2) is 6.45. The summed E-state index contributed by atoms with van der Waals surface area (Å²) in [5.41, 5.74) is 2.43. The number of hydrogen-bond acceptors (Lipinski definition) is 4. The molecule has 6 heteroatoms. The van der Waals surface area contributed by atoms with Crippen molar-refractivity contribution in [3.05, 3.63) is 87.1 Å². The predicted molar refractivity (Wildman–Crippen MR) is 113 cm³/mol. The van der Waals surface area contributed by atoms with Gasteiger partial charge >= 0.3 is 0 Å². The fourth-order valence-electron chi connectivity index (χ4n) is 3.26. The van der Waals surface area contributed by atoms with Crippen LogP contribution in [0.5, 0.6) is 0 Å². The van der Waals surface area contributed by atoms with Crippen LogP contribution in [-0.2, 0) is 0 Å². The topological polar surface area (TPSA) is 47.3 Å². The molecule has 4 aromatic rings. The Morgan fingerprint density at radius 3 is 2.11 bits per heavy atom. The molecule has 0 saturated heterocycles. The van der Waals surface area contributed by atoms with Crippen molar-refractivity contribution in [1.82, 2.24) is 0 Å². The van der Waals surface area contributed by atoms with E-state index in [0.717, 1.165) is 20.7 Å². The van der Waals surface area contributed by atoms with Crippen molar-refractivity contribution in [1.29, 1.82) is 0 Å². The lowest BCUT2D eigenvalue weighted by atomic mass is 10.1. The fraction of sp³-hybridized carbons (Fsp3) is 0. The lowest BCUT2D eigenvalue weighted by Crippen LogP contribution is -1.99. The van der Waals surface area contributed by atoms with Gasteiger partial charge in [0.1, 0.15) is 11.3 Å². The van der Waals surface area contributed by atoms with E-state index in [0.29, 0.717) is 5.76 Å². The third-order valence-electron chi connectivity index (χ3n) is 4.61. The number of thiophene rings is 1. The van der Waals surface area contributed by atoms with Crippen molar-refractivity contribution in [2.75, 3.05) is 0 Å². The summed E-state index contributed by atoms with van der Waals surface area (Å²) in [4.78, 5) is 26.4. The Labute approximate surface area is 173 Å². The molecule has 0 aliphatic heterocycles. The normalized spacial score (nSPS) is 13.4. The number of rotatable bonds is 2. The molecule has 0 amide bonds. The minimum atomic E-state index is -0.372. The number of carbonyl (C=O) groups excluding carboxylic acids is 2. The number of halogens is 2. The molecule has 0 unspecified atom stereocenters. The predicted octanol–water partition coefficient (Wildman–Crippen LogP) is 6.93. The average molecular weight is 425 g/mol. The van der Waals surface area contributed by atoms with Crippen molar-refractivity contribution < 1.29 is 14.0 Å². The lowest BCUT2D eigenvalue weighted by molar-refractivity contribution is 0.0990. The Hall–Kier alpha value is -2.66. The van der Waals surface area contributed by atoms with Gasteiger partial charge in [0.15, 0.2) is 11.6 Å². The van der Waals surface area contributed by atoms with Crippen molar-refractivity contribution in [2.45, 2.75) is 0 Å². The third kappa shape index (κ3) is 2.73. The summed E-state index contributed by atoms with van der Waals surface area (Å²) in [6.07, 6.45) is 1.49. The molecule has 28 heavy (non-hydrogen) atoms. The van der Waals surface area contributed by atoms with Crippen LogP contribution in [0.3, 0.4) is 0 Å². The van der Waals surface area contributed by atoms with Gasteiger partial charge in [0.05, 0.1) is 20.3 Å². The van der Waals surface area contributed by atoms with Crippen LogP contribution in [0.1, 0.15) is 26.5 Å². The maximum Gasteiger partial charge on any atom is 0.197 e. The van der Waals surface area contributed by atoms with Gasteiger partial charge in [0.2, 0.25) is 0 Å². The minimum Gasteiger partial charge on any atom is -0.456 e. The maximum atomic E-state index is 12.6. The van der Waals surface area contributed by atoms with Crippen LogP contribution in [-0.4, -0.2) is 11.6 Å². The largest absolute Gasteiger partial charge is 0.456 e. The summed E-state index contributed by atoms with van der Waals surface area (Å²) in [7, 11) is 0. The van der Waals surface area contributed by atoms with Crippen molar-refractivity contribution in [3.8, 4) is 10.4 Å². The van der Waals surface area contributed by atoms with Gasteiger partial charge in [-0.3, -0.25) is 9.59 Å². The van der Waals surface area contributed by atoms with E-state index in [9.17, 15) is 9.59 Å². The zero-order valence-corrected chi connectivity index (χ0v) is 16.5. The smallest absolute Gasteiger partial charge is 0.197 e. The van der Waals surface area contributed by atoms with Gasteiger partial charge in [0, 0.05) is 28.1 Å². The standard InChI is InChI=1S/C22H10Cl2O3S/c23-16-8-13-14(9-17(16)24)22(26)15(21(13)25)6-12-7-20-18(27-12)10-19(28-20)11-4-2-1-3-5-11/h1-10H. The highest BCUT2D eigenvalue weighted by molar-refractivity contribution is 7.22. The summed E-state index contributed by atoms with van der Waals surface area (Å²) in [5.74, 6) is -0.283. The summed E-state index contributed by atoms with van der Waals surface area (Å²) in [6, 6.07) is 16.7. The quantitative estimate of drug-likeness (QED) is 0.258. The molecule has 2 heterocycles. The number of allylic oxidation sites excluding steroid dienone is 1. The first-order chi connectivity index (χ1) is 13.5. The number of Topliss-reactive ketones (excluding diaryl/α,β-unsaturated/α-hetero) is 2. The van der Waals surface area contributed by atoms with Crippen LogP contribution in [0.25, 0.3) is 26.8 Å². The van der Waals surface area contributed by atoms with E-state index < -0.39 is 0 Å². The lowest BCUT2D eigenvalue weighted by Gasteiger charge is -1.98.